The molecule has 1 fully saturated rings. The van der Waals surface area contributed by atoms with Gasteiger partial charge in [-0.15, -0.1) is 0 Å². The first-order valence-corrected chi connectivity index (χ1v) is 7.53. The highest BCUT2D eigenvalue weighted by atomic mass is 16.5. The highest BCUT2D eigenvalue weighted by Crippen LogP contribution is 2.32. The van der Waals surface area contributed by atoms with Crippen LogP contribution >= 0.6 is 0 Å². The average Bonchev–Trinajstić information content (AvgIpc) is 2.36. The Bertz CT molecular complexity index is 373. The molecular weight excluding hydrogens is 236 g/mol. The minimum absolute atomic E-state index is 0.0618. The maximum atomic E-state index is 10.2. The number of aryl methyl sites for hydroxylation is 1. The van der Waals surface area contributed by atoms with Crippen molar-refractivity contribution < 1.29 is 9.84 Å². The van der Waals surface area contributed by atoms with Gasteiger partial charge in [-0.1, -0.05) is 39.3 Å². The summed E-state index contributed by atoms with van der Waals surface area (Å²) in [4.78, 5) is 0. The molecule has 2 rings (SSSR count). The lowest BCUT2D eigenvalue weighted by atomic mass is 9.79. The normalized spacial score (nSPS) is 31.2. The molecule has 19 heavy (non-hydrogen) atoms. The smallest absolute Gasteiger partial charge is 0.127 e. The summed E-state index contributed by atoms with van der Waals surface area (Å²) in [5.41, 5.74) is 1.35. The van der Waals surface area contributed by atoms with E-state index in [0.29, 0.717) is 11.8 Å². The monoisotopic (exact) mass is 262 g/mol. The van der Waals surface area contributed by atoms with E-state index in [9.17, 15) is 5.11 Å². The molecule has 1 aromatic carbocycles. The largest absolute Gasteiger partial charge is 0.487 e. The molecule has 0 saturated heterocycles. The predicted octanol–water partition coefficient (Wildman–Crippen LogP) is 3.81. The lowest BCUT2D eigenvalue weighted by Gasteiger charge is -2.36. The molecule has 106 valence electrons. The summed E-state index contributed by atoms with van der Waals surface area (Å²) in [6.07, 6.45) is 3.86. The standard InChI is InChI=1S/C17H26O2/c1-4-5-14-6-8-15(9-7-14)19-17-13(3)10-12(2)11-16(17)18/h6-9,12-13,16-18H,4-5,10-11H2,1-3H3. The molecule has 2 nitrogen and oxygen atoms in total. The van der Waals surface area contributed by atoms with E-state index < -0.39 is 0 Å². The number of rotatable bonds is 4. The average molecular weight is 262 g/mol. The van der Waals surface area contributed by atoms with E-state index in [1.165, 1.54) is 5.56 Å². The number of aliphatic hydroxyl groups is 1. The minimum Gasteiger partial charge on any atom is -0.487 e. The van der Waals surface area contributed by atoms with E-state index in [-0.39, 0.29) is 12.2 Å². The first kappa shape index (κ1) is 14.4. The van der Waals surface area contributed by atoms with Crippen LogP contribution in [0.1, 0.15) is 45.6 Å². The lowest BCUT2D eigenvalue weighted by Crippen LogP contribution is -2.43. The first-order valence-electron chi connectivity index (χ1n) is 7.53. The van der Waals surface area contributed by atoms with Gasteiger partial charge in [0.2, 0.25) is 0 Å². The van der Waals surface area contributed by atoms with Crippen LogP contribution in [0.25, 0.3) is 0 Å². The van der Waals surface area contributed by atoms with Crippen LogP contribution < -0.4 is 4.74 Å². The maximum Gasteiger partial charge on any atom is 0.127 e. The van der Waals surface area contributed by atoms with Crippen molar-refractivity contribution in [2.45, 2.75) is 58.7 Å². The number of hydrogen-bond acceptors (Lipinski definition) is 2. The molecule has 0 bridgehead atoms. The van der Waals surface area contributed by atoms with Crippen molar-refractivity contribution >= 4 is 0 Å². The Labute approximate surface area is 116 Å². The molecule has 1 aliphatic carbocycles. The lowest BCUT2D eigenvalue weighted by molar-refractivity contribution is -0.0388. The SMILES string of the molecule is CCCc1ccc(OC2C(C)CC(C)CC2O)cc1. The van der Waals surface area contributed by atoms with Gasteiger partial charge in [-0.3, -0.25) is 0 Å². The summed E-state index contributed by atoms with van der Waals surface area (Å²) in [5, 5.41) is 10.2. The van der Waals surface area contributed by atoms with Gasteiger partial charge in [0.05, 0.1) is 6.10 Å². The molecule has 0 spiro atoms. The summed E-state index contributed by atoms with van der Waals surface area (Å²) in [7, 11) is 0. The molecule has 0 heterocycles. The molecule has 0 radical (unpaired) electrons. The summed E-state index contributed by atoms with van der Waals surface area (Å²) in [6.45, 7) is 6.57. The molecule has 2 heteroatoms. The van der Waals surface area contributed by atoms with Crippen molar-refractivity contribution in [1.29, 1.82) is 0 Å². The van der Waals surface area contributed by atoms with Crippen LogP contribution in [0.2, 0.25) is 0 Å². The number of ether oxygens (including phenoxy) is 1. The highest BCUT2D eigenvalue weighted by molar-refractivity contribution is 5.27. The topological polar surface area (TPSA) is 29.5 Å². The zero-order valence-corrected chi connectivity index (χ0v) is 12.3. The minimum atomic E-state index is -0.339. The Kier molecular flexibility index (Phi) is 4.87. The second-order valence-electron chi connectivity index (χ2n) is 6.10. The van der Waals surface area contributed by atoms with Crippen molar-refractivity contribution in [3.63, 3.8) is 0 Å². The van der Waals surface area contributed by atoms with E-state index in [4.69, 9.17) is 4.74 Å². The summed E-state index contributed by atoms with van der Waals surface area (Å²) in [5.74, 6) is 1.89. The predicted molar refractivity (Wildman–Crippen MR) is 78.4 cm³/mol. The van der Waals surface area contributed by atoms with Crippen LogP contribution in [0.15, 0.2) is 24.3 Å². The summed E-state index contributed by atoms with van der Waals surface area (Å²) < 4.78 is 6.01. The second kappa shape index (κ2) is 6.42. The van der Waals surface area contributed by atoms with Crippen molar-refractivity contribution in [2.24, 2.45) is 11.8 Å². The highest BCUT2D eigenvalue weighted by Gasteiger charge is 2.34. The van der Waals surface area contributed by atoms with Gasteiger partial charge < -0.3 is 9.84 Å². The van der Waals surface area contributed by atoms with Gasteiger partial charge in [-0.05, 0) is 48.8 Å². The molecule has 0 aromatic heterocycles. The zero-order chi connectivity index (χ0) is 13.8. The van der Waals surface area contributed by atoms with E-state index in [1.807, 2.05) is 12.1 Å². The van der Waals surface area contributed by atoms with Gasteiger partial charge in [0, 0.05) is 0 Å². The van der Waals surface area contributed by atoms with Crippen LogP contribution in [-0.2, 0) is 6.42 Å². The van der Waals surface area contributed by atoms with Crippen LogP contribution in [0.4, 0.5) is 0 Å². The molecule has 4 atom stereocenters. The van der Waals surface area contributed by atoms with Gasteiger partial charge in [-0.25, -0.2) is 0 Å². The fourth-order valence-electron chi connectivity index (χ4n) is 3.17. The van der Waals surface area contributed by atoms with Gasteiger partial charge in [0.1, 0.15) is 11.9 Å². The molecule has 4 unspecified atom stereocenters. The van der Waals surface area contributed by atoms with Gasteiger partial charge in [0.25, 0.3) is 0 Å². The molecule has 1 aromatic rings. The molecule has 1 saturated carbocycles. The Morgan fingerprint density at radius 3 is 2.42 bits per heavy atom. The molecule has 1 aliphatic rings. The van der Waals surface area contributed by atoms with E-state index in [2.05, 4.69) is 32.9 Å². The third kappa shape index (κ3) is 3.73. The Morgan fingerprint density at radius 1 is 1.16 bits per heavy atom. The molecular formula is C17H26O2. The van der Waals surface area contributed by atoms with Crippen molar-refractivity contribution in [3.05, 3.63) is 29.8 Å². The van der Waals surface area contributed by atoms with Crippen LogP contribution in [0.5, 0.6) is 5.75 Å². The Morgan fingerprint density at radius 2 is 1.84 bits per heavy atom. The Balaban J connectivity index is 1.99. The van der Waals surface area contributed by atoms with E-state index in [1.54, 1.807) is 0 Å². The van der Waals surface area contributed by atoms with Crippen molar-refractivity contribution in [2.75, 3.05) is 0 Å². The third-order valence-corrected chi connectivity index (χ3v) is 4.09. The maximum absolute atomic E-state index is 10.2. The quantitative estimate of drug-likeness (QED) is 0.894. The summed E-state index contributed by atoms with van der Waals surface area (Å²) >= 11 is 0. The molecule has 0 aliphatic heterocycles. The summed E-state index contributed by atoms with van der Waals surface area (Å²) in [6, 6.07) is 8.31. The number of hydrogen-bond donors (Lipinski definition) is 1. The Hall–Kier alpha value is -1.02. The second-order valence-corrected chi connectivity index (χ2v) is 6.10. The third-order valence-electron chi connectivity index (χ3n) is 4.09. The van der Waals surface area contributed by atoms with Gasteiger partial charge in [-0.2, -0.15) is 0 Å². The van der Waals surface area contributed by atoms with Crippen LogP contribution in [-0.4, -0.2) is 17.3 Å². The van der Waals surface area contributed by atoms with Crippen molar-refractivity contribution in [3.8, 4) is 5.75 Å². The van der Waals surface area contributed by atoms with Crippen molar-refractivity contribution in [1.82, 2.24) is 0 Å². The molecule has 0 amide bonds. The fraction of sp³-hybridized carbons (Fsp3) is 0.647. The van der Waals surface area contributed by atoms with E-state index in [0.717, 1.165) is 31.4 Å². The number of aliphatic hydroxyl groups excluding tert-OH is 1. The zero-order valence-electron chi connectivity index (χ0n) is 12.3. The van der Waals surface area contributed by atoms with Crippen LogP contribution in [0, 0.1) is 11.8 Å². The van der Waals surface area contributed by atoms with E-state index >= 15 is 0 Å². The van der Waals surface area contributed by atoms with Crippen LogP contribution in [0.3, 0.4) is 0 Å². The number of benzene rings is 1. The fourth-order valence-corrected chi connectivity index (χ4v) is 3.17. The van der Waals surface area contributed by atoms with Gasteiger partial charge >= 0.3 is 0 Å². The first-order chi connectivity index (χ1) is 9.10. The van der Waals surface area contributed by atoms with Gasteiger partial charge in [0.15, 0.2) is 0 Å². The molecule has 1 N–H and O–H groups in total.